The summed E-state index contributed by atoms with van der Waals surface area (Å²) in [5, 5.41) is 9.53. The fourth-order valence-corrected chi connectivity index (χ4v) is 3.37. The second kappa shape index (κ2) is 8.97. The Hall–Kier alpha value is -3.38. The number of carbonyl (C=O) groups excluding carboxylic acids is 1. The highest BCUT2D eigenvalue weighted by Gasteiger charge is 2.14. The zero-order chi connectivity index (χ0) is 21.8. The van der Waals surface area contributed by atoms with E-state index in [1.54, 1.807) is 55.6 Å². The SMILES string of the molecule is CCOC(=O)c1ccc(N=Cc2cc(C)n(-c3ccc(Cl)c(C(=O)O)c3)c2C)cc1. The number of carboxylic acids is 1. The van der Waals surface area contributed by atoms with Gasteiger partial charge >= 0.3 is 11.9 Å². The average Bonchev–Trinajstić information content (AvgIpc) is 3.00. The lowest BCUT2D eigenvalue weighted by Gasteiger charge is -2.11. The number of hydrogen-bond donors (Lipinski definition) is 1. The minimum atomic E-state index is -1.07. The van der Waals surface area contributed by atoms with Gasteiger partial charge in [-0.15, -0.1) is 0 Å². The smallest absolute Gasteiger partial charge is 0.338 e. The van der Waals surface area contributed by atoms with Crippen molar-refractivity contribution in [2.45, 2.75) is 20.8 Å². The quantitative estimate of drug-likeness (QED) is 0.426. The molecule has 0 aliphatic carbocycles. The van der Waals surface area contributed by atoms with Crippen molar-refractivity contribution in [1.82, 2.24) is 4.57 Å². The highest BCUT2D eigenvalue weighted by Crippen LogP contribution is 2.25. The molecule has 3 rings (SSSR count). The fourth-order valence-electron chi connectivity index (χ4n) is 3.17. The maximum Gasteiger partial charge on any atom is 0.338 e. The van der Waals surface area contributed by atoms with Gasteiger partial charge in [0, 0.05) is 28.9 Å². The van der Waals surface area contributed by atoms with Crippen LogP contribution in [0.4, 0.5) is 5.69 Å². The molecule has 30 heavy (non-hydrogen) atoms. The van der Waals surface area contributed by atoms with Crippen molar-refractivity contribution in [2.75, 3.05) is 6.61 Å². The van der Waals surface area contributed by atoms with Gasteiger partial charge in [-0.1, -0.05) is 11.6 Å². The Morgan fingerprint density at radius 2 is 1.83 bits per heavy atom. The van der Waals surface area contributed by atoms with E-state index in [-0.39, 0.29) is 16.6 Å². The number of rotatable bonds is 6. The number of aliphatic imine (C=N–C) groups is 1. The van der Waals surface area contributed by atoms with E-state index in [2.05, 4.69) is 4.99 Å². The topological polar surface area (TPSA) is 80.9 Å². The average molecular weight is 425 g/mol. The summed E-state index contributed by atoms with van der Waals surface area (Å²) in [5.74, 6) is -1.43. The fraction of sp³-hybridized carbons (Fsp3) is 0.174. The molecule has 0 bridgehead atoms. The number of halogens is 1. The van der Waals surface area contributed by atoms with Crippen molar-refractivity contribution >= 4 is 35.4 Å². The van der Waals surface area contributed by atoms with Crippen LogP contribution in [0, 0.1) is 13.8 Å². The van der Waals surface area contributed by atoms with Crippen LogP contribution in [0.5, 0.6) is 0 Å². The van der Waals surface area contributed by atoms with Gasteiger partial charge in [0.2, 0.25) is 0 Å². The Morgan fingerprint density at radius 3 is 2.47 bits per heavy atom. The highest BCUT2D eigenvalue weighted by atomic mass is 35.5. The van der Waals surface area contributed by atoms with Crippen molar-refractivity contribution in [3.8, 4) is 5.69 Å². The standard InChI is InChI=1S/C23H21ClN2O4/c1-4-30-23(29)16-5-7-18(8-6-16)25-13-17-11-14(2)26(15(17)3)19-9-10-21(24)20(12-19)22(27)28/h5-13H,4H2,1-3H3,(H,27,28). The van der Waals surface area contributed by atoms with E-state index in [0.717, 1.165) is 17.0 Å². The first kappa shape index (κ1) is 21.3. The molecular weight excluding hydrogens is 404 g/mol. The van der Waals surface area contributed by atoms with E-state index in [9.17, 15) is 14.7 Å². The number of hydrogen-bond acceptors (Lipinski definition) is 4. The molecular formula is C23H21ClN2O4. The van der Waals surface area contributed by atoms with Crippen molar-refractivity contribution in [1.29, 1.82) is 0 Å². The van der Waals surface area contributed by atoms with Crippen LogP contribution in [-0.4, -0.2) is 34.4 Å². The second-order valence-corrected chi connectivity index (χ2v) is 7.06. The van der Waals surface area contributed by atoms with Crippen LogP contribution in [0.25, 0.3) is 5.69 Å². The molecule has 0 spiro atoms. The maximum atomic E-state index is 11.7. The number of ether oxygens (including phenoxy) is 1. The van der Waals surface area contributed by atoms with Gasteiger partial charge in [0.15, 0.2) is 0 Å². The van der Waals surface area contributed by atoms with Gasteiger partial charge in [0.1, 0.15) is 0 Å². The predicted molar refractivity (Wildman–Crippen MR) is 117 cm³/mol. The van der Waals surface area contributed by atoms with E-state index < -0.39 is 5.97 Å². The number of aromatic nitrogens is 1. The molecule has 1 aromatic heterocycles. The van der Waals surface area contributed by atoms with E-state index in [4.69, 9.17) is 16.3 Å². The third kappa shape index (κ3) is 4.44. The number of carboxylic acid groups (broad SMARTS) is 1. The lowest BCUT2D eigenvalue weighted by molar-refractivity contribution is 0.0526. The summed E-state index contributed by atoms with van der Waals surface area (Å²) in [6.45, 7) is 5.97. The molecule has 1 heterocycles. The molecule has 0 unspecified atom stereocenters. The maximum absolute atomic E-state index is 11.7. The number of aromatic carboxylic acids is 1. The van der Waals surface area contributed by atoms with Crippen molar-refractivity contribution in [2.24, 2.45) is 4.99 Å². The van der Waals surface area contributed by atoms with Crippen LogP contribution >= 0.6 is 11.6 Å². The lowest BCUT2D eigenvalue weighted by atomic mass is 10.2. The number of nitrogens with zero attached hydrogens (tertiary/aromatic N) is 2. The first-order chi connectivity index (χ1) is 14.3. The Kier molecular flexibility index (Phi) is 6.37. The Bertz CT molecular complexity index is 1130. The summed E-state index contributed by atoms with van der Waals surface area (Å²) in [5.41, 5.74) is 4.69. The molecule has 6 nitrogen and oxygen atoms in total. The van der Waals surface area contributed by atoms with Gasteiger partial charge < -0.3 is 14.4 Å². The molecule has 0 atom stereocenters. The molecule has 2 aromatic carbocycles. The highest BCUT2D eigenvalue weighted by molar-refractivity contribution is 6.33. The van der Waals surface area contributed by atoms with Gasteiger partial charge in [0.25, 0.3) is 0 Å². The van der Waals surface area contributed by atoms with Crippen LogP contribution in [0.1, 0.15) is 44.6 Å². The largest absolute Gasteiger partial charge is 0.478 e. The second-order valence-electron chi connectivity index (χ2n) is 6.66. The number of aryl methyl sites for hydroxylation is 1. The Labute approximate surface area is 179 Å². The van der Waals surface area contributed by atoms with Crippen LogP contribution < -0.4 is 0 Å². The normalized spacial score (nSPS) is 11.1. The molecule has 0 fully saturated rings. The molecule has 0 aliphatic heterocycles. The molecule has 7 heteroatoms. The monoisotopic (exact) mass is 424 g/mol. The van der Waals surface area contributed by atoms with Gasteiger partial charge in [-0.25, -0.2) is 9.59 Å². The molecule has 0 amide bonds. The summed E-state index contributed by atoms with van der Waals surface area (Å²) in [6, 6.07) is 13.7. The molecule has 0 saturated carbocycles. The summed E-state index contributed by atoms with van der Waals surface area (Å²) < 4.78 is 6.93. The lowest BCUT2D eigenvalue weighted by Crippen LogP contribution is -2.04. The zero-order valence-electron chi connectivity index (χ0n) is 16.8. The molecule has 3 aromatic rings. The molecule has 0 aliphatic rings. The summed E-state index contributed by atoms with van der Waals surface area (Å²) >= 11 is 5.99. The first-order valence-corrected chi connectivity index (χ1v) is 9.73. The molecule has 0 saturated heterocycles. The van der Waals surface area contributed by atoms with Crippen molar-refractivity contribution < 1.29 is 19.4 Å². The van der Waals surface area contributed by atoms with Crippen LogP contribution in [0.2, 0.25) is 5.02 Å². The third-order valence-corrected chi connectivity index (χ3v) is 4.97. The molecule has 1 N–H and O–H groups in total. The Morgan fingerprint density at radius 1 is 1.13 bits per heavy atom. The summed E-state index contributed by atoms with van der Waals surface area (Å²) in [4.78, 5) is 27.6. The third-order valence-electron chi connectivity index (χ3n) is 4.64. The predicted octanol–water partition coefficient (Wildman–Crippen LogP) is 5.37. The summed E-state index contributed by atoms with van der Waals surface area (Å²) in [6.07, 6.45) is 1.74. The van der Waals surface area contributed by atoms with E-state index >= 15 is 0 Å². The van der Waals surface area contributed by atoms with Gasteiger partial charge in [-0.05, 0) is 69.3 Å². The number of carbonyl (C=O) groups is 2. The zero-order valence-corrected chi connectivity index (χ0v) is 17.6. The van der Waals surface area contributed by atoms with Crippen LogP contribution in [-0.2, 0) is 4.74 Å². The minimum absolute atomic E-state index is 0.0542. The van der Waals surface area contributed by atoms with E-state index in [0.29, 0.717) is 23.5 Å². The van der Waals surface area contributed by atoms with E-state index in [1.165, 1.54) is 0 Å². The Balaban J connectivity index is 1.88. The number of esters is 1. The van der Waals surface area contributed by atoms with Gasteiger partial charge in [-0.2, -0.15) is 0 Å². The van der Waals surface area contributed by atoms with Crippen molar-refractivity contribution in [3.05, 3.63) is 81.6 Å². The van der Waals surface area contributed by atoms with Crippen LogP contribution in [0.3, 0.4) is 0 Å². The van der Waals surface area contributed by atoms with Crippen LogP contribution in [0.15, 0.2) is 53.5 Å². The molecule has 154 valence electrons. The van der Waals surface area contributed by atoms with Gasteiger partial charge in [0.05, 0.1) is 28.4 Å². The molecule has 0 radical (unpaired) electrons. The number of benzene rings is 2. The first-order valence-electron chi connectivity index (χ1n) is 9.35. The van der Waals surface area contributed by atoms with Gasteiger partial charge in [-0.3, -0.25) is 4.99 Å². The van der Waals surface area contributed by atoms with Crippen molar-refractivity contribution in [3.63, 3.8) is 0 Å². The van der Waals surface area contributed by atoms with E-state index in [1.807, 2.05) is 24.5 Å². The summed E-state index contributed by atoms with van der Waals surface area (Å²) in [7, 11) is 0. The minimum Gasteiger partial charge on any atom is -0.478 e.